The van der Waals surface area contributed by atoms with Crippen molar-refractivity contribution in [2.24, 2.45) is 5.92 Å². The number of nitrogens with zero attached hydrogens (tertiary/aromatic N) is 2. The maximum absolute atomic E-state index is 12.2. The number of amides is 1. The lowest BCUT2D eigenvalue weighted by Crippen LogP contribution is -2.39. The van der Waals surface area contributed by atoms with Crippen LogP contribution in [0.25, 0.3) is 0 Å². The van der Waals surface area contributed by atoms with E-state index in [0.29, 0.717) is 29.4 Å². The Bertz CT molecular complexity index is 859. The average Bonchev–Trinajstić information content (AvgIpc) is 3.55. The molecule has 1 aromatic carbocycles. The molecule has 1 saturated carbocycles. The molecular formula is C24H30ClN3O2. The second-order valence-electron chi connectivity index (χ2n) is 8.60. The minimum atomic E-state index is -0.0564. The van der Waals surface area contributed by atoms with Crippen molar-refractivity contribution in [1.29, 1.82) is 0 Å². The number of rotatable bonds is 8. The third kappa shape index (κ3) is 6.19. The molecule has 0 bridgehead atoms. The van der Waals surface area contributed by atoms with E-state index in [2.05, 4.69) is 15.2 Å². The molecule has 1 saturated heterocycles. The Kier molecular flexibility index (Phi) is 6.90. The van der Waals surface area contributed by atoms with E-state index in [-0.39, 0.29) is 12.0 Å². The van der Waals surface area contributed by atoms with Gasteiger partial charge in [-0.25, -0.2) is 4.98 Å². The van der Waals surface area contributed by atoms with E-state index in [1.807, 2.05) is 43.5 Å². The molecule has 5 nitrogen and oxygen atoms in total. The van der Waals surface area contributed by atoms with Gasteiger partial charge in [0.2, 0.25) is 11.8 Å². The van der Waals surface area contributed by atoms with Gasteiger partial charge in [-0.3, -0.25) is 4.79 Å². The highest BCUT2D eigenvalue weighted by Crippen LogP contribution is 2.31. The standard InChI is InChI=1S/C24H30ClN3O2/c1-17-2-7-22(21(25)14-17)27-23(29)8-5-18-6-9-24(26-15-18)30-20-10-12-28(13-11-20)16-19-3-4-19/h2,6-7,9,14-15,19-20H,3-5,8,10-13,16H2,1H3,(H,27,29). The van der Waals surface area contributed by atoms with Crippen LogP contribution in [0.4, 0.5) is 5.69 Å². The number of nitrogens with one attached hydrogen (secondary N) is 1. The zero-order chi connectivity index (χ0) is 20.9. The molecule has 1 N–H and O–H groups in total. The summed E-state index contributed by atoms with van der Waals surface area (Å²) < 4.78 is 6.07. The average molecular weight is 428 g/mol. The SMILES string of the molecule is Cc1ccc(NC(=O)CCc2ccc(OC3CCN(CC4CC4)CC3)nc2)c(Cl)c1. The molecule has 4 rings (SSSR count). The van der Waals surface area contributed by atoms with Crippen molar-refractivity contribution in [3.63, 3.8) is 0 Å². The summed E-state index contributed by atoms with van der Waals surface area (Å²) in [6.07, 6.45) is 8.03. The highest BCUT2D eigenvalue weighted by Gasteiger charge is 2.27. The second-order valence-corrected chi connectivity index (χ2v) is 9.00. The highest BCUT2D eigenvalue weighted by molar-refractivity contribution is 6.33. The van der Waals surface area contributed by atoms with Gasteiger partial charge in [0.1, 0.15) is 6.10 Å². The van der Waals surface area contributed by atoms with Crippen LogP contribution in [0.15, 0.2) is 36.5 Å². The van der Waals surface area contributed by atoms with Gasteiger partial charge >= 0.3 is 0 Å². The first-order valence-electron chi connectivity index (χ1n) is 10.9. The Labute approximate surface area is 183 Å². The Morgan fingerprint density at radius 3 is 2.67 bits per heavy atom. The first-order valence-corrected chi connectivity index (χ1v) is 11.3. The van der Waals surface area contributed by atoms with Crippen molar-refractivity contribution in [3.8, 4) is 5.88 Å². The number of hydrogen-bond donors (Lipinski definition) is 1. The van der Waals surface area contributed by atoms with Crippen LogP contribution in [-0.4, -0.2) is 41.5 Å². The fourth-order valence-electron chi connectivity index (χ4n) is 3.87. The number of halogens is 1. The lowest BCUT2D eigenvalue weighted by Gasteiger charge is -2.31. The van der Waals surface area contributed by atoms with Gasteiger partial charge in [0.25, 0.3) is 0 Å². The number of carbonyl (C=O) groups is 1. The van der Waals surface area contributed by atoms with Crippen molar-refractivity contribution < 1.29 is 9.53 Å². The quantitative estimate of drug-likeness (QED) is 0.653. The zero-order valence-electron chi connectivity index (χ0n) is 17.6. The molecule has 1 aliphatic heterocycles. The number of aryl methyl sites for hydroxylation is 2. The number of carbonyl (C=O) groups excluding carboxylic acids is 1. The van der Waals surface area contributed by atoms with E-state index >= 15 is 0 Å². The third-order valence-corrected chi connectivity index (χ3v) is 6.19. The lowest BCUT2D eigenvalue weighted by atomic mass is 10.1. The molecule has 160 valence electrons. The van der Waals surface area contributed by atoms with E-state index in [1.165, 1.54) is 19.4 Å². The third-order valence-electron chi connectivity index (χ3n) is 5.87. The summed E-state index contributed by atoms with van der Waals surface area (Å²) in [5.41, 5.74) is 2.74. The van der Waals surface area contributed by atoms with Gasteiger partial charge in [0, 0.05) is 38.3 Å². The van der Waals surface area contributed by atoms with Crippen molar-refractivity contribution in [1.82, 2.24) is 9.88 Å². The van der Waals surface area contributed by atoms with Gasteiger partial charge in [-0.2, -0.15) is 0 Å². The molecule has 0 atom stereocenters. The maximum atomic E-state index is 12.2. The van der Waals surface area contributed by atoms with Crippen molar-refractivity contribution in [2.45, 2.75) is 51.6 Å². The van der Waals surface area contributed by atoms with Crippen molar-refractivity contribution in [2.75, 3.05) is 25.0 Å². The summed E-state index contributed by atoms with van der Waals surface area (Å²) in [5, 5.41) is 3.43. The van der Waals surface area contributed by atoms with Crippen LogP contribution in [0.3, 0.4) is 0 Å². The molecule has 2 fully saturated rings. The maximum Gasteiger partial charge on any atom is 0.224 e. The second kappa shape index (κ2) is 9.80. The van der Waals surface area contributed by atoms with E-state index in [4.69, 9.17) is 16.3 Å². The Morgan fingerprint density at radius 2 is 2.00 bits per heavy atom. The monoisotopic (exact) mass is 427 g/mol. The van der Waals surface area contributed by atoms with Crippen molar-refractivity contribution in [3.05, 3.63) is 52.7 Å². The van der Waals surface area contributed by atoms with E-state index in [0.717, 1.165) is 43.0 Å². The van der Waals surface area contributed by atoms with Gasteiger partial charge in [-0.05, 0) is 68.2 Å². The van der Waals surface area contributed by atoms with Gasteiger partial charge < -0.3 is 15.0 Å². The Morgan fingerprint density at radius 1 is 1.20 bits per heavy atom. The van der Waals surface area contributed by atoms with Crippen LogP contribution in [-0.2, 0) is 11.2 Å². The summed E-state index contributed by atoms with van der Waals surface area (Å²) in [4.78, 5) is 19.3. The van der Waals surface area contributed by atoms with E-state index in [9.17, 15) is 4.79 Å². The number of hydrogen-bond acceptors (Lipinski definition) is 4. The lowest BCUT2D eigenvalue weighted by molar-refractivity contribution is -0.116. The minimum absolute atomic E-state index is 0.0564. The Balaban J connectivity index is 1.19. The van der Waals surface area contributed by atoms with Crippen LogP contribution in [0.1, 0.15) is 43.2 Å². The molecule has 1 aromatic heterocycles. The highest BCUT2D eigenvalue weighted by atomic mass is 35.5. The van der Waals surface area contributed by atoms with Crippen molar-refractivity contribution >= 4 is 23.2 Å². The molecule has 1 amide bonds. The van der Waals surface area contributed by atoms with Gasteiger partial charge in [0.15, 0.2) is 0 Å². The van der Waals surface area contributed by atoms with Crippen LogP contribution in [0, 0.1) is 12.8 Å². The number of aromatic nitrogens is 1. The minimum Gasteiger partial charge on any atom is -0.474 e. The number of likely N-dealkylation sites (tertiary alicyclic amines) is 1. The van der Waals surface area contributed by atoms with E-state index in [1.54, 1.807) is 0 Å². The van der Waals surface area contributed by atoms with Crippen LogP contribution >= 0.6 is 11.6 Å². The summed E-state index contributed by atoms with van der Waals surface area (Å²) in [7, 11) is 0. The largest absolute Gasteiger partial charge is 0.474 e. The zero-order valence-corrected chi connectivity index (χ0v) is 18.3. The molecule has 2 aliphatic rings. The predicted octanol–water partition coefficient (Wildman–Crippen LogP) is 4.87. The smallest absolute Gasteiger partial charge is 0.224 e. The fraction of sp³-hybridized carbons (Fsp3) is 0.500. The number of pyridine rings is 1. The summed E-state index contributed by atoms with van der Waals surface area (Å²) >= 11 is 6.18. The number of piperidine rings is 1. The first-order chi connectivity index (χ1) is 14.5. The van der Waals surface area contributed by atoms with Crippen LogP contribution in [0.2, 0.25) is 5.02 Å². The molecular weight excluding hydrogens is 398 g/mol. The number of ether oxygens (including phenoxy) is 1. The van der Waals surface area contributed by atoms with Gasteiger partial charge in [-0.15, -0.1) is 0 Å². The normalized spacial score (nSPS) is 17.7. The predicted molar refractivity (Wildman–Crippen MR) is 120 cm³/mol. The molecule has 1 aliphatic carbocycles. The molecule has 0 unspecified atom stereocenters. The van der Waals surface area contributed by atoms with Crippen LogP contribution in [0.5, 0.6) is 5.88 Å². The molecule has 2 aromatic rings. The molecule has 2 heterocycles. The summed E-state index contributed by atoms with van der Waals surface area (Å²) in [5.74, 6) is 1.57. The van der Waals surface area contributed by atoms with Gasteiger partial charge in [0.05, 0.1) is 10.7 Å². The number of anilines is 1. The topological polar surface area (TPSA) is 54.5 Å². The van der Waals surface area contributed by atoms with Crippen LogP contribution < -0.4 is 10.1 Å². The first kappa shape index (κ1) is 21.1. The molecule has 0 radical (unpaired) electrons. The molecule has 6 heteroatoms. The summed E-state index contributed by atoms with van der Waals surface area (Å²) in [6.45, 7) is 5.48. The number of benzene rings is 1. The fourth-order valence-corrected chi connectivity index (χ4v) is 4.15. The molecule has 30 heavy (non-hydrogen) atoms. The summed E-state index contributed by atoms with van der Waals surface area (Å²) in [6, 6.07) is 9.52. The van der Waals surface area contributed by atoms with E-state index < -0.39 is 0 Å². The molecule has 0 spiro atoms. The van der Waals surface area contributed by atoms with Gasteiger partial charge in [-0.1, -0.05) is 23.7 Å². The Hall–Kier alpha value is -2.11.